The molecule has 9 N–H and O–H groups in total. The first-order chi connectivity index (χ1) is 15.1. The summed E-state index contributed by atoms with van der Waals surface area (Å²) < 4.78 is 0. The summed E-state index contributed by atoms with van der Waals surface area (Å²) in [5, 5.41) is 16.7. The zero-order valence-electron chi connectivity index (χ0n) is 17.4. The average Bonchev–Trinajstić information content (AvgIpc) is 3.13. The number of nitrogens with two attached hydrogens (primary N) is 2. The minimum Gasteiger partial charge on any atom is -0.480 e. The van der Waals surface area contributed by atoms with E-state index in [0.717, 1.165) is 10.9 Å². The van der Waals surface area contributed by atoms with E-state index in [0.29, 0.717) is 5.56 Å². The number of hydrogen-bond donors (Lipinski definition) is 7. The topological polar surface area (TPSA) is 209 Å². The Morgan fingerprint density at radius 3 is 2.31 bits per heavy atom. The van der Waals surface area contributed by atoms with Crippen LogP contribution in [0.15, 0.2) is 30.5 Å². The maximum Gasteiger partial charge on any atom is 0.322 e. The molecular weight excluding hydrogens is 420 g/mol. The highest BCUT2D eigenvalue weighted by atomic mass is 16.4. The van der Waals surface area contributed by atoms with Gasteiger partial charge in [0.1, 0.15) is 18.6 Å². The van der Waals surface area contributed by atoms with Gasteiger partial charge in [-0.25, -0.2) is 0 Å². The Morgan fingerprint density at radius 1 is 1.03 bits per heavy atom. The molecule has 32 heavy (non-hydrogen) atoms. The van der Waals surface area contributed by atoms with E-state index in [9.17, 15) is 24.0 Å². The van der Waals surface area contributed by atoms with Crippen molar-refractivity contribution in [2.24, 2.45) is 11.5 Å². The Hall–Kier alpha value is -3.93. The third-order valence-corrected chi connectivity index (χ3v) is 4.60. The van der Waals surface area contributed by atoms with Crippen molar-refractivity contribution >= 4 is 40.5 Å². The molecule has 1 heterocycles. The van der Waals surface area contributed by atoms with E-state index < -0.39 is 60.7 Å². The summed E-state index contributed by atoms with van der Waals surface area (Å²) in [6, 6.07) is 3.81. The summed E-state index contributed by atoms with van der Waals surface area (Å²) in [6.45, 7) is 0.749. The van der Waals surface area contributed by atoms with Crippen molar-refractivity contribution < 1.29 is 29.1 Å². The van der Waals surface area contributed by atoms with Crippen LogP contribution in [0.2, 0.25) is 0 Å². The molecule has 0 saturated heterocycles. The van der Waals surface area contributed by atoms with Crippen molar-refractivity contribution in [1.29, 1.82) is 0 Å². The number of aromatic amines is 1. The molecule has 0 spiro atoms. The molecule has 0 aliphatic heterocycles. The molecule has 0 saturated carbocycles. The van der Waals surface area contributed by atoms with Crippen LogP contribution in [0.4, 0.5) is 0 Å². The molecule has 0 aliphatic rings. The third kappa shape index (κ3) is 6.80. The number of para-hydroxylation sites is 1. The van der Waals surface area contributed by atoms with Crippen LogP contribution in [0, 0.1) is 0 Å². The molecule has 1 aromatic heterocycles. The SMILES string of the molecule is CC(N)C(=O)NC(CC(N)=O)C(=O)NC(Cc1c[nH]c2ccccc12)C(=O)NCC(=O)O. The molecule has 0 aliphatic carbocycles. The predicted octanol–water partition coefficient (Wildman–Crippen LogP) is -1.90. The number of carboxylic acids is 1. The molecule has 2 rings (SSSR count). The lowest BCUT2D eigenvalue weighted by molar-refractivity contribution is -0.138. The van der Waals surface area contributed by atoms with Gasteiger partial charge in [0.25, 0.3) is 0 Å². The molecule has 0 radical (unpaired) electrons. The maximum atomic E-state index is 12.8. The van der Waals surface area contributed by atoms with Crippen molar-refractivity contribution in [3.8, 4) is 0 Å². The Kier molecular flexibility index (Phi) is 8.30. The lowest BCUT2D eigenvalue weighted by Crippen LogP contribution is -2.57. The molecule has 3 unspecified atom stereocenters. The number of rotatable bonds is 11. The predicted molar refractivity (Wildman–Crippen MR) is 114 cm³/mol. The summed E-state index contributed by atoms with van der Waals surface area (Å²) in [4.78, 5) is 62.6. The number of aromatic nitrogens is 1. The van der Waals surface area contributed by atoms with Crippen LogP contribution in [-0.2, 0) is 30.4 Å². The second kappa shape index (κ2) is 10.9. The van der Waals surface area contributed by atoms with Gasteiger partial charge in [-0.1, -0.05) is 18.2 Å². The minimum absolute atomic E-state index is 0.0196. The van der Waals surface area contributed by atoms with Gasteiger partial charge in [-0.05, 0) is 18.6 Å². The van der Waals surface area contributed by atoms with Crippen molar-refractivity contribution in [2.45, 2.75) is 37.9 Å². The zero-order chi connectivity index (χ0) is 23.8. The second-order valence-electron chi connectivity index (χ2n) is 7.26. The Bertz CT molecular complexity index is 1020. The van der Waals surface area contributed by atoms with Crippen molar-refractivity contribution in [1.82, 2.24) is 20.9 Å². The first-order valence-corrected chi connectivity index (χ1v) is 9.77. The van der Waals surface area contributed by atoms with Crippen molar-refractivity contribution in [3.63, 3.8) is 0 Å². The smallest absolute Gasteiger partial charge is 0.322 e. The van der Waals surface area contributed by atoms with Gasteiger partial charge in [0.2, 0.25) is 23.6 Å². The van der Waals surface area contributed by atoms with E-state index >= 15 is 0 Å². The van der Waals surface area contributed by atoms with Crippen molar-refractivity contribution in [2.75, 3.05) is 6.54 Å². The van der Waals surface area contributed by atoms with Gasteiger partial charge in [0.15, 0.2) is 0 Å². The largest absolute Gasteiger partial charge is 0.480 e. The number of fused-ring (bicyclic) bond motifs is 1. The molecule has 0 fully saturated rings. The fourth-order valence-corrected chi connectivity index (χ4v) is 3.00. The summed E-state index contributed by atoms with van der Waals surface area (Å²) in [6.07, 6.45) is 1.18. The highest BCUT2D eigenvalue weighted by molar-refractivity contribution is 5.96. The quantitative estimate of drug-likeness (QED) is 0.208. The molecular formula is C20H26N6O6. The number of H-pyrrole nitrogens is 1. The molecule has 172 valence electrons. The Labute approximate surface area is 183 Å². The Balaban J connectivity index is 2.25. The third-order valence-electron chi connectivity index (χ3n) is 4.60. The number of carbonyl (C=O) groups excluding carboxylic acids is 4. The first-order valence-electron chi connectivity index (χ1n) is 9.77. The summed E-state index contributed by atoms with van der Waals surface area (Å²) >= 11 is 0. The lowest BCUT2D eigenvalue weighted by atomic mass is 10.0. The van der Waals surface area contributed by atoms with E-state index in [1.165, 1.54) is 6.92 Å². The fourth-order valence-electron chi connectivity index (χ4n) is 3.00. The highest BCUT2D eigenvalue weighted by Crippen LogP contribution is 2.19. The van der Waals surface area contributed by atoms with Gasteiger partial charge >= 0.3 is 5.97 Å². The molecule has 12 nitrogen and oxygen atoms in total. The standard InChI is InChI=1S/C20H26N6O6/c1-10(21)18(30)25-15(7-16(22)27)20(32)26-14(19(31)24-9-17(28)29)6-11-8-23-13-5-3-2-4-12(11)13/h2-5,8,10,14-15,23H,6-7,9,21H2,1H3,(H2,22,27)(H,24,31)(H,25,30)(H,26,32)(H,28,29). The van der Waals surface area contributed by atoms with Gasteiger partial charge in [0, 0.05) is 23.5 Å². The normalized spacial score (nSPS) is 13.6. The minimum atomic E-state index is -1.36. The number of aliphatic carboxylic acids is 1. The van der Waals surface area contributed by atoms with Gasteiger partial charge in [0.05, 0.1) is 12.5 Å². The highest BCUT2D eigenvalue weighted by Gasteiger charge is 2.29. The summed E-state index contributed by atoms with van der Waals surface area (Å²) in [7, 11) is 0. The molecule has 4 amide bonds. The lowest BCUT2D eigenvalue weighted by Gasteiger charge is -2.23. The van der Waals surface area contributed by atoms with Crippen LogP contribution in [0.1, 0.15) is 18.9 Å². The molecule has 3 atom stereocenters. The van der Waals surface area contributed by atoms with Gasteiger partial charge < -0.3 is 37.5 Å². The zero-order valence-corrected chi connectivity index (χ0v) is 17.4. The van der Waals surface area contributed by atoms with Crippen LogP contribution >= 0.6 is 0 Å². The van der Waals surface area contributed by atoms with E-state index in [-0.39, 0.29) is 6.42 Å². The summed E-state index contributed by atoms with van der Waals surface area (Å²) in [5.41, 5.74) is 12.2. The van der Waals surface area contributed by atoms with Crippen LogP contribution in [-0.4, -0.2) is 64.4 Å². The number of primary amides is 1. The average molecular weight is 446 g/mol. The molecule has 2 aromatic rings. The van der Waals surface area contributed by atoms with Gasteiger partial charge in [-0.15, -0.1) is 0 Å². The number of hydrogen-bond acceptors (Lipinski definition) is 6. The van der Waals surface area contributed by atoms with Gasteiger partial charge in [-0.2, -0.15) is 0 Å². The Morgan fingerprint density at radius 2 is 1.69 bits per heavy atom. The van der Waals surface area contributed by atoms with E-state index in [4.69, 9.17) is 16.6 Å². The maximum absolute atomic E-state index is 12.8. The van der Waals surface area contributed by atoms with Gasteiger partial charge in [-0.3, -0.25) is 24.0 Å². The van der Waals surface area contributed by atoms with E-state index in [2.05, 4.69) is 20.9 Å². The first kappa shape index (κ1) is 24.3. The van der Waals surface area contributed by atoms with Crippen LogP contribution in [0.3, 0.4) is 0 Å². The second-order valence-corrected chi connectivity index (χ2v) is 7.26. The van der Waals surface area contributed by atoms with Crippen LogP contribution in [0.5, 0.6) is 0 Å². The van der Waals surface area contributed by atoms with Crippen LogP contribution < -0.4 is 27.4 Å². The number of benzene rings is 1. The van der Waals surface area contributed by atoms with Crippen molar-refractivity contribution in [3.05, 3.63) is 36.0 Å². The fraction of sp³-hybridized carbons (Fsp3) is 0.350. The number of amides is 4. The van der Waals surface area contributed by atoms with E-state index in [1.807, 2.05) is 24.3 Å². The van der Waals surface area contributed by atoms with E-state index in [1.54, 1.807) is 6.20 Å². The molecule has 0 bridgehead atoms. The number of carbonyl (C=O) groups is 5. The number of carboxylic acid groups (broad SMARTS) is 1. The monoisotopic (exact) mass is 446 g/mol. The molecule has 1 aromatic carbocycles. The number of nitrogens with one attached hydrogen (secondary N) is 4. The molecule has 12 heteroatoms. The summed E-state index contributed by atoms with van der Waals surface area (Å²) in [5.74, 6) is -4.38. The van der Waals surface area contributed by atoms with Crippen LogP contribution in [0.25, 0.3) is 10.9 Å².